The Morgan fingerprint density at radius 1 is 1.07 bits per heavy atom. The van der Waals surface area contributed by atoms with Crippen LogP contribution in [0.2, 0.25) is 0 Å². The van der Waals surface area contributed by atoms with Crippen LogP contribution in [0.25, 0.3) is 11.1 Å². The molecule has 226 valence electrons. The summed E-state index contributed by atoms with van der Waals surface area (Å²) in [5.74, 6) is 1.11. The van der Waals surface area contributed by atoms with Gasteiger partial charge in [0.1, 0.15) is 11.7 Å². The molecule has 2 fully saturated rings. The maximum atomic E-state index is 14.3. The standard InChI is InChI=1S/C32H45N7O3/c1-5-39-25(16-17-34-39)31(40)35-29(28(22-12-8-6-9-13-22)23-14-10-7-11-15-23)32(41)36-30-26(42-4)18-24(19-33-30)27-20(2)37-38-21(27)3/h16-19,22-23,28-29H,5-15H2,1-4H3,(H,35,40)(H,37,38)(H,33,36,41). The molecule has 0 aromatic carbocycles. The molecule has 1 atom stereocenters. The highest BCUT2D eigenvalue weighted by atomic mass is 16.5. The van der Waals surface area contributed by atoms with Crippen molar-refractivity contribution in [2.75, 3.05) is 12.4 Å². The number of hydrogen-bond acceptors (Lipinski definition) is 6. The van der Waals surface area contributed by atoms with Crippen molar-refractivity contribution in [3.8, 4) is 16.9 Å². The van der Waals surface area contributed by atoms with Crippen LogP contribution in [0.4, 0.5) is 5.82 Å². The molecule has 3 heterocycles. The summed E-state index contributed by atoms with van der Waals surface area (Å²) < 4.78 is 7.37. The highest BCUT2D eigenvalue weighted by Crippen LogP contribution is 2.42. The third kappa shape index (κ3) is 6.37. The Hall–Kier alpha value is -3.69. The average molecular weight is 576 g/mol. The second-order valence-corrected chi connectivity index (χ2v) is 11.9. The number of rotatable bonds is 10. The first-order valence-electron chi connectivity index (χ1n) is 15.6. The molecule has 3 aromatic heterocycles. The molecule has 0 radical (unpaired) electrons. The Morgan fingerprint density at radius 2 is 1.74 bits per heavy atom. The van der Waals surface area contributed by atoms with Gasteiger partial charge in [0.15, 0.2) is 11.6 Å². The van der Waals surface area contributed by atoms with E-state index in [1.54, 1.807) is 30.3 Å². The van der Waals surface area contributed by atoms with Gasteiger partial charge in [-0.15, -0.1) is 0 Å². The number of carbonyl (C=O) groups is 2. The number of aromatic amines is 1. The zero-order valence-electron chi connectivity index (χ0n) is 25.4. The summed E-state index contributed by atoms with van der Waals surface area (Å²) in [6, 6.07) is 2.89. The van der Waals surface area contributed by atoms with E-state index in [2.05, 4.69) is 30.9 Å². The Kier molecular flexibility index (Phi) is 9.59. The van der Waals surface area contributed by atoms with Gasteiger partial charge in [0.25, 0.3) is 5.91 Å². The van der Waals surface area contributed by atoms with Gasteiger partial charge in [0, 0.05) is 35.8 Å². The second kappa shape index (κ2) is 13.5. The molecule has 10 heteroatoms. The van der Waals surface area contributed by atoms with Crippen LogP contribution in [0.15, 0.2) is 24.5 Å². The van der Waals surface area contributed by atoms with Gasteiger partial charge in [-0.25, -0.2) is 4.98 Å². The number of nitrogens with zero attached hydrogens (tertiary/aromatic N) is 4. The molecule has 2 amide bonds. The maximum absolute atomic E-state index is 14.3. The van der Waals surface area contributed by atoms with Crippen molar-refractivity contribution >= 4 is 17.6 Å². The van der Waals surface area contributed by atoms with Gasteiger partial charge in [0.05, 0.1) is 12.8 Å². The van der Waals surface area contributed by atoms with Gasteiger partial charge in [-0.1, -0.05) is 64.2 Å². The number of hydrogen-bond donors (Lipinski definition) is 3. The van der Waals surface area contributed by atoms with Crippen LogP contribution >= 0.6 is 0 Å². The molecule has 0 bridgehead atoms. The molecule has 42 heavy (non-hydrogen) atoms. The number of anilines is 1. The van der Waals surface area contributed by atoms with Crippen molar-refractivity contribution in [2.45, 2.75) is 97.6 Å². The van der Waals surface area contributed by atoms with Crippen LogP contribution in [-0.4, -0.2) is 49.9 Å². The lowest BCUT2D eigenvalue weighted by atomic mass is 9.66. The Balaban J connectivity index is 1.48. The van der Waals surface area contributed by atoms with E-state index in [1.807, 2.05) is 26.8 Å². The van der Waals surface area contributed by atoms with E-state index in [0.29, 0.717) is 35.6 Å². The first-order valence-corrected chi connectivity index (χ1v) is 15.6. The second-order valence-electron chi connectivity index (χ2n) is 11.9. The maximum Gasteiger partial charge on any atom is 0.270 e. The number of aromatic nitrogens is 5. The van der Waals surface area contributed by atoms with Crippen molar-refractivity contribution in [1.29, 1.82) is 0 Å². The van der Waals surface area contributed by atoms with E-state index in [9.17, 15) is 9.59 Å². The summed E-state index contributed by atoms with van der Waals surface area (Å²) in [4.78, 5) is 32.6. The predicted octanol–water partition coefficient (Wildman–Crippen LogP) is 5.83. The van der Waals surface area contributed by atoms with E-state index in [-0.39, 0.29) is 17.7 Å². The van der Waals surface area contributed by atoms with E-state index in [0.717, 1.165) is 48.2 Å². The zero-order valence-corrected chi connectivity index (χ0v) is 25.4. The molecule has 0 aliphatic heterocycles. The smallest absolute Gasteiger partial charge is 0.270 e. The first-order chi connectivity index (χ1) is 20.4. The lowest BCUT2D eigenvalue weighted by Crippen LogP contribution is -2.53. The number of nitrogens with one attached hydrogen (secondary N) is 3. The molecule has 3 aromatic rings. The zero-order chi connectivity index (χ0) is 29.6. The molecule has 3 N–H and O–H groups in total. The van der Waals surface area contributed by atoms with Crippen LogP contribution in [0.5, 0.6) is 5.75 Å². The predicted molar refractivity (Wildman–Crippen MR) is 162 cm³/mol. The van der Waals surface area contributed by atoms with Gasteiger partial charge < -0.3 is 15.4 Å². The molecule has 2 aliphatic rings. The number of carbonyl (C=O) groups excluding carboxylic acids is 2. The number of amides is 2. The third-order valence-corrected chi connectivity index (χ3v) is 9.32. The minimum Gasteiger partial charge on any atom is -0.493 e. The molecule has 0 spiro atoms. The summed E-state index contributed by atoms with van der Waals surface area (Å²) in [6.45, 7) is 6.43. The van der Waals surface area contributed by atoms with Crippen molar-refractivity contribution in [2.24, 2.45) is 17.8 Å². The topological polar surface area (TPSA) is 127 Å². The highest BCUT2D eigenvalue weighted by Gasteiger charge is 2.41. The summed E-state index contributed by atoms with van der Waals surface area (Å²) in [5.41, 5.74) is 4.09. The molecule has 2 saturated carbocycles. The summed E-state index contributed by atoms with van der Waals surface area (Å²) in [6.07, 6.45) is 14.9. The van der Waals surface area contributed by atoms with Gasteiger partial charge in [0.2, 0.25) is 5.91 Å². The quantitative estimate of drug-likeness (QED) is 0.279. The highest BCUT2D eigenvalue weighted by molar-refractivity contribution is 6.01. The lowest BCUT2D eigenvalue weighted by molar-refractivity contribution is -0.121. The fourth-order valence-electron chi connectivity index (χ4n) is 7.30. The molecule has 1 unspecified atom stereocenters. The van der Waals surface area contributed by atoms with E-state index in [4.69, 9.17) is 4.74 Å². The largest absolute Gasteiger partial charge is 0.493 e. The SMILES string of the molecule is CCn1nccc1C(=O)NC(C(=O)Nc1ncc(-c2c(C)n[nH]c2C)cc1OC)C(C1CCCCC1)C1CCCCC1. The monoisotopic (exact) mass is 575 g/mol. The van der Waals surface area contributed by atoms with Crippen LogP contribution in [0.3, 0.4) is 0 Å². The van der Waals surface area contributed by atoms with Gasteiger partial charge in [-0.2, -0.15) is 10.2 Å². The van der Waals surface area contributed by atoms with Crippen LogP contribution in [0, 0.1) is 31.6 Å². The van der Waals surface area contributed by atoms with Gasteiger partial charge >= 0.3 is 0 Å². The fourth-order valence-corrected chi connectivity index (χ4v) is 7.30. The summed E-state index contributed by atoms with van der Waals surface area (Å²) in [5, 5.41) is 17.9. The summed E-state index contributed by atoms with van der Waals surface area (Å²) in [7, 11) is 1.57. The molecular formula is C32H45N7O3. The normalized spacial score (nSPS) is 17.3. The van der Waals surface area contributed by atoms with Crippen LogP contribution < -0.4 is 15.4 Å². The molecule has 0 saturated heterocycles. The van der Waals surface area contributed by atoms with Gasteiger partial charge in [-0.05, 0) is 50.7 Å². The number of aryl methyl sites for hydroxylation is 3. The number of H-pyrrole nitrogens is 1. The first kappa shape index (κ1) is 29.8. The van der Waals surface area contributed by atoms with E-state index in [1.165, 1.54) is 38.5 Å². The number of pyridine rings is 1. The van der Waals surface area contributed by atoms with Crippen LogP contribution in [-0.2, 0) is 11.3 Å². The molecule has 2 aliphatic carbocycles. The molecular weight excluding hydrogens is 530 g/mol. The number of ether oxygens (including phenoxy) is 1. The van der Waals surface area contributed by atoms with Crippen molar-refractivity contribution < 1.29 is 14.3 Å². The van der Waals surface area contributed by atoms with Gasteiger partial charge in [-0.3, -0.25) is 19.4 Å². The Morgan fingerprint density at radius 3 is 2.31 bits per heavy atom. The Labute approximate surface area is 248 Å². The fraction of sp³-hybridized carbons (Fsp3) is 0.594. The molecule has 10 nitrogen and oxygen atoms in total. The van der Waals surface area contributed by atoms with Crippen molar-refractivity contribution in [3.63, 3.8) is 0 Å². The number of methoxy groups -OCH3 is 1. The van der Waals surface area contributed by atoms with Crippen molar-refractivity contribution in [3.05, 3.63) is 41.6 Å². The third-order valence-electron chi connectivity index (χ3n) is 9.32. The molecule has 5 rings (SSSR count). The Bertz CT molecular complexity index is 1330. The minimum atomic E-state index is -0.701. The van der Waals surface area contributed by atoms with E-state index >= 15 is 0 Å². The van der Waals surface area contributed by atoms with E-state index < -0.39 is 6.04 Å². The summed E-state index contributed by atoms with van der Waals surface area (Å²) >= 11 is 0. The van der Waals surface area contributed by atoms with Crippen molar-refractivity contribution in [1.82, 2.24) is 30.3 Å². The average Bonchev–Trinajstić information content (AvgIpc) is 3.64. The minimum absolute atomic E-state index is 0.0500. The van der Waals surface area contributed by atoms with Crippen LogP contribution in [0.1, 0.15) is 93.0 Å². The lowest BCUT2D eigenvalue weighted by Gasteiger charge is -2.42.